The molecule has 4 N–H and O–H groups in total. The van der Waals surface area contributed by atoms with Gasteiger partial charge >= 0.3 is 0 Å². The van der Waals surface area contributed by atoms with Crippen LogP contribution in [0.25, 0.3) is 0 Å². The Balaban J connectivity index is 2.31. The summed E-state index contributed by atoms with van der Waals surface area (Å²) in [6.45, 7) is 0. The first-order valence-electron chi connectivity index (χ1n) is 4.74. The van der Waals surface area contributed by atoms with Crippen LogP contribution in [-0.4, -0.2) is 11.8 Å². The first-order valence-corrected chi connectivity index (χ1v) is 4.74. The Kier molecular flexibility index (Phi) is 2.00. The molecule has 2 rings (SSSR count). The highest BCUT2D eigenvalue weighted by Crippen LogP contribution is 2.58. The molecule has 4 heteroatoms. The second kappa shape index (κ2) is 3.08. The number of benzene rings is 1. The summed E-state index contributed by atoms with van der Waals surface area (Å²) in [6.07, 6.45) is 0.432. The van der Waals surface area contributed by atoms with Crippen molar-refractivity contribution in [1.29, 1.82) is 0 Å². The van der Waals surface area contributed by atoms with Crippen LogP contribution < -0.4 is 11.5 Å². The van der Waals surface area contributed by atoms with Gasteiger partial charge in [0, 0.05) is 5.92 Å². The van der Waals surface area contributed by atoms with Gasteiger partial charge < -0.3 is 11.5 Å². The molecule has 2 amide bonds. The molecule has 78 valence electrons. The van der Waals surface area contributed by atoms with Crippen LogP contribution in [0.5, 0.6) is 0 Å². The predicted octanol–water partition coefficient (Wildman–Crippen LogP) is 0.131. The lowest BCUT2D eigenvalue weighted by molar-refractivity contribution is -0.133. The zero-order chi connectivity index (χ0) is 11.1. The number of primary amides is 2. The maximum Gasteiger partial charge on any atom is 0.233 e. The maximum absolute atomic E-state index is 11.2. The lowest BCUT2D eigenvalue weighted by Gasteiger charge is -2.08. The van der Waals surface area contributed by atoms with Crippen molar-refractivity contribution in [3.8, 4) is 0 Å². The highest BCUT2D eigenvalue weighted by molar-refractivity contribution is 6.08. The first kappa shape index (κ1) is 9.71. The first-order chi connectivity index (χ1) is 7.09. The maximum atomic E-state index is 11.2. The molecule has 0 bridgehead atoms. The molecule has 1 saturated carbocycles. The second-order valence-electron chi connectivity index (χ2n) is 3.87. The van der Waals surface area contributed by atoms with Crippen molar-refractivity contribution in [2.45, 2.75) is 12.3 Å². The molecule has 1 aliphatic carbocycles. The Morgan fingerprint density at radius 2 is 1.67 bits per heavy atom. The third-order valence-electron chi connectivity index (χ3n) is 3.04. The van der Waals surface area contributed by atoms with E-state index in [-0.39, 0.29) is 5.92 Å². The molecule has 1 aromatic carbocycles. The van der Waals surface area contributed by atoms with Crippen LogP contribution >= 0.6 is 0 Å². The van der Waals surface area contributed by atoms with Gasteiger partial charge in [-0.15, -0.1) is 0 Å². The number of amides is 2. The fraction of sp³-hybridized carbons (Fsp3) is 0.273. The number of hydrogen-bond acceptors (Lipinski definition) is 2. The molecular formula is C11H12N2O2. The summed E-state index contributed by atoms with van der Waals surface area (Å²) in [5.41, 5.74) is 10.2. The minimum Gasteiger partial charge on any atom is -0.369 e. The van der Waals surface area contributed by atoms with E-state index in [9.17, 15) is 9.59 Å². The van der Waals surface area contributed by atoms with Gasteiger partial charge in [-0.25, -0.2) is 0 Å². The van der Waals surface area contributed by atoms with Gasteiger partial charge in [0.2, 0.25) is 11.8 Å². The third-order valence-corrected chi connectivity index (χ3v) is 3.04. The summed E-state index contributed by atoms with van der Waals surface area (Å²) >= 11 is 0. The zero-order valence-corrected chi connectivity index (χ0v) is 8.14. The predicted molar refractivity (Wildman–Crippen MR) is 54.6 cm³/mol. The van der Waals surface area contributed by atoms with E-state index in [1.807, 2.05) is 30.3 Å². The lowest BCUT2D eigenvalue weighted by Crippen LogP contribution is -2.38. The van der Waals surface area contributed by atoms with Gasteiger partial charge in [-0.3, -0.25) is 9.59 Å². The molecule has 15 heavy (non-hydrogen) atoms. The van der Waals surface area contributed by atoms with E-state index in [4.69, 9.17) is 11.5 Å². The van der Waals surface area contributed by atoms with Crippen LogP contribution in [0.2, 0.25) is 0 Å². The number of hydrogen-bond donors (Lipinski definition) is 2. The van der Waals surface area contributed by atoms with Crippen molar-refractivity contribution in [3.05, 3.63) is 35.9 Å². The van der Waals surface area contributed by atoms with Gasteiger partial charge in [0.05, 0.1) is 0 Å². The Morgan fingerprint density at radius 1 is 1.13 bits per heavy atom. The average Bonchev–Trinajstić information content (AvgIpc) is 2.95. The molecule has 1 atom stereocenters. The van der Waals surface area contributed by atoms with Gasteiger partial charge in [0.25, 0.3) is 0 Å². The van der Waals surface area contributed by atoms with Crippen molar-refractivity contribution in [1.82, 2.24) is 0 Å². The van der Waals surface area contributed by atoms with E-state index in [2.05, 4.69) is 0 Å². The highest BCUT2D eigenvalue weighted by atomic mass is 16.2. The summed E-state index contributed by atoms with van der Waals surface area (Å²) < 4.78 is 0. The van der Waals surface area contributed by atoms with Crippen LogP contribution in [0.1, 0.15) is 17.9 Å². The molecular weight excluding hydrogens is 192 g/mol. The van der Waals surface area contributed by atoms with E-state index in [0.717, 1.165) is 5.56 Å². The molecule has 4 nitrogen and oxygen atoms in total. The molecule has 1 fully saturated rings. The number of carbonyl (C=O) groups is 2. The summed E-state index contributed by atoms with van der Waals surface area (Å²) in [6, 6.07) is 9.35. The summed E-state index contributed by atoms with van der Waals surface area (Å²) in [4.78, 5) is 22.5. The monoisotopic (exact) mass is 204 g/mol. The van der Waals surface area contributed by atoms with E-state index >= 15 is 0 Å². The molecule has 0 aromatic heterocycles. The van der Waals surface area contributed by atoms with Gasteiger partial charge in [0.15, 0.2) is 0 Å². The zero-order valence-electron chi connectivity index (χ0n) is 8.14. The van der Waals surface area contributed by atoms with E-state index in [1.165, 1.54) is 0 Å². The number of rotatable bonds is 3. The van der Waals surface area contributed by atoms with Crippen LogP contribution in [0.4, 0.5) is 0 Å². The Hall–Kier alpha value is -1.84. The van der Waals surface area contributed by atoms with E-state index in [0.29, 0.717) is 6.42 Å². The number of carbonyl (C=O) groups excluding carboxylic acids is 2. The van der Waals surface area contributed by atoms with Gasteiger partial charge in [-0.05, 0) is 12.0 Å². The topological polar surface area (TPSA) is 86.2 Å². The molecule has 0 heterocycles. The van der Waals surface area contributed by atoms with Crippen LogP contribution in [-0.2, 0) is 9.59 Å². The Morgan fingerprint density at radius 3 is 2.07 bits per heavy atom. The normalized spacial score (nSPS) is 22.0. The smallest absolute Gasteiger partial charge is 0.233 e. The average molecular weight is 204 g/mol. The van der Waals surface area contributed by atoms with Crippen molar-refractivity contribution in [2.75, 3.05) is 0 Å². The number of nitrogens with two attached hydrogens (primary N) is 2. The lowest BCUT2D eigenvalue weighted by atomic mass is 9.98. The largest absolute Gasteiger partial charge is 0.369 e. The Labute approximate surface area is 87.3 Å². The van der Waals surface area contributed by atoms with Crippen molar-refractivity contribution in [2.24, 2.45) is 16.9 Å². The molecule has 0 aliphatic heterocycles. The molecule has 0 radical (unpaired) electrons. The molecule has 0 saturated heterocycles. The van der Waals surface area contributed by atoms with E-state index in [1.54, 1.807) is 0 Å². The van der Waals surface area contributed by atoms with Gasteiger partial charge in [-0.2, -0.15) is 0 Å². The quantitative estimate of drug-likeness (QED) is 0.686. The fourth-order valence-corrected chi connectivity index (χ4v) is 2.02. The van der Waals surface area contributed by atoms with Crippen molar-refractivity contribution >= 4 is 11.8 Å². The summed E-state index contributed by atoms with van der Waals surface area (Å²) in [5, 5.41) is 0. The fourth-order valence-electron chi connectivity index (χ4n) is 2.02. The SMILES string of the molecule is NC(=O)C1(C(N)=O)CC1c1ccccc1. The highest BCUT2D eigenvalue weighted by Gasteiger charge is 2.64. The summed E-state index contributed by atoms with van der Waals surface area (Å²) in [5.74, 6) is -1.39. The second-order valence-corrected chi connectivity index (χ2v) is 3.87. The van der Waals surface area contributed by atoms with Crippen LogP contribution in [0.15, 0.2) is 30.3 Å². The summed E-state index contributed by atoms with van der Waals surface area (Å²) in [7, 11) is 0. The van der Waals surface area contributed by atoms with Crippen LogP contribution in [0, 0.1) is 5.41 Å². The Bertz CT molecular complexity index is 400. The molecule has 1 unspecified atom stereocenters. The van der Waals surface area contributed by atoms with E-state index < -0.39 is 17.2 Å². The van der Waals surface area contributed by atoms with Gasteiger partial charge in [0.1, 0.15) is 5.41 Å². The minimum absolute atomic E-state index is 0.145. The standard InChI is InChI=1S/C11H12N2O2/c12-9(14)11(10(13)15)6-8(11)7-4-2-1-3-5-7/h1-5,8H,6H2,(H2,12,14)(H2,13,15). The molecule has 0 spiro atoms. The minimum atomic E-state index is -1.15. The third kappa shape index (κ3) is 1.29. The van der Waals surface area contributed by atoms with Gasteiger partial charge in [-0.1, -0.05) is 30.3 Å². The molecule has 1 aliphatic rings. The molecule has 1 aromatic rings. The van der Waals surface area contributed by atoms with Crippen molar-refractivity contribution < 1.29 is 9.59 Å². The van der Waals surface area contributed by atoms with Crippen molar-refractivity contribution in [3.63, 3.8) is 0 Å². The van der Waals surface area contributed by atoms with Crippen LogP contribution in [0.3, 0.4) is 0 Å².